The molecule has 142 valence electrons. The van der Waals surface area contributed by atoms with Crippen LogP contribution in [0.2, 0.25) is 0 Å². The van der Waals surface area contributed by atoms with Crippen molar-refractivity contribution in [2.45, 2.75) is 39.8 Å². The number of amides is 2. The van der Waals surface area contributed by atoms with Crippen LogP contribution in [0.5, 0.6) is 11.5 Å². The Morgan fingerprint density at radius 1 is 1.31 bits per heavy atom. The largest absolute Gasteiger partial charge is 0.454 e. The van der Waals surface area contributed by atoms with Crippen LogP contribution < -0.4 is 20.1 Å². The molecule has 0 spiro atoms. The molecule has 1 aromatic rings. The van der Waals surface area contributed by atoms with Gasteiger partial charge in [0.2, 0.25) is 18.6 Å². The summed E-state index contributed by atoms with van der Waals surface area (Å²) in [4.78, 5) is 26.8. The fourth-order valence-electron chi connectivity index (χ4n) is 3.28. The lowest BCUT2D eigenvalue weighted by Gasteiger charge is -2.38. The van der Waals surface area contributed by atoms with E-state index in [1.165, 1.54) is 0 Å². The summed E-state index contributed by atoms with van der Waals surface area (Å²) >= 11 is 0. The fourth-order valence-corrected chi connectivity index (χ4v) is 3.28. The third kappa shape index (κ3) is 4.66. The number of carbonyl (C=O) groups excluding carboxylic acids is 2. The third-order valence-electron chi connectivity index (χ3n) is 4.42. The highest BCUT2D eigenvalue weighted by Gasteiger charge is 2.33. The summed E-state index contributed by atoms with van der Waals surface area (Å²) < 4.78 is 10.6. The second-order valence-corrected chi connectivity index (χ2v) is 8.01. The highest BCUT2D eigenvalue weighted by atomic mass is 16.7. The topological polar surface area (TPSA) is 79.9 Å². The van der Waals surface area contributed by atoms with Gasteiger partial charge in [0.05, 0.1) is 12.5 Å². The Kier molecular flexibility index (Phi) is 5.36. The lowest BCUT2D eigenvalue weighted by atomic mass is 9.94. The van der Waals surface area contributed by atoms with Crippen molar-refractivity contribution in [3.8, 4) is 11.5 Å². The van der Waals surface area contributed by atoms with Crippen LogP contribution in [0.15, 0.2) is 18.2 Å². The summed E-state index contributed by atoms with van der Waals surface area (Å²) in [6.45, 7) is 9.20. The van der Waals surface area contributed by atoms with Gasteiger partial charge in [-0.1, -0.05) is 26.8 Å². The average Bonchev–Trinajstić information content (AvgIpc) is 3.02. The van der Waals surface area contributed by atoms with Gasteiger partial charge in [-0.3, -0.25) is 14.5 Å². The van der Waals surface area contributed by atoms with E-state index in [0.717, 1.165) is 24.4 Å². The Balaban J connectivity index is 1.56. The summed E-state index contributed by atoms with van der Waals surface area (Å²) in [6, 6.07) is 5.18. The van der Waals surface area contributed by atoms with Gasteiger partial charge in [0.15, 0.2) is 11.5 Å². The van der Waals surface area contributed by atoms with Crippen LogP contribution >= 0.6 is 0 Å². The van der Waals surface area contributed by atoms with Gasteiger partial charge in [0, 0.05) is 26.2 Å². The molecule has 7 heteroatoms. The van der Waals surface area contributed by atoms with Crippen molar-refractivity contribution in [3.05, 3.63) is 23.8 Å². The molecule has 2 heterocycles. The number of fused-ring (bicyclic) bond motifs is 1. The SMILES string of the molecule is CC(C)(C)CN1CCNC(=O)C1CC(=O)NCc1ccc2c(c1)OCO2. The van der Waals surface area contributed by atoms with E-state index in [1.54, 1.807) is 0 Å². The van der Waals surface area contributed by atoms with Crippen LogP contribution in [0, 0.1) is 5.41 Å². The first kappa shape index (κ1) is 18.5. The maximum atomic E-state index is 12.4. The van der Waals surface area contributed by atoms with E-state index < -0.39 is 6.04 Å². The number of hydrogen-bond donors (Lipinski definition) is 2. The first-order valence-electron chi connectivity index (χ1n) is 8.99. The smallest absolute Gasteiger partial charge is 0.237 e. The molecule has 0 radical (unpaired) electrons. The van der Waals surface area contributed by atoms with Gasteiger partial charge in [-0.15, -0.1) is 0 Å². The molecule has 2 N–H and O–H groups in total. The number of nitrogens with one attached hydrogen (secondary N) is 2. The Labute approximate surface area is 154 Å². The minimum absolute atomic E-state index is 0.0683. The Bertz CT molecular complexity index is 684. The molecule has 1 fully saturated rings. The molecule has 1 unspecified atom stereocenters. The van der Waals surface area contributed by atoms with E-state index in [9.17, 15) is 9.59 Å². The first-order chi connectivity index (χ1) is 12.3. The maximum absolute atomic E-state index is 12.4. The number of hydrogen-bond acceptors (Lipinski definition) is 5. The molecule has 0 aliphatic carbocycles. The minimum Gasteiger partial charge on any atom is -0.454 e. The fraction of sp³-hybridized carbons (Fsp3) is 0.579. The van der Waals surface area contributed by atoms with Crippen LogP contribution in [0.1, 0.15) is 32.8 Å². The first-order valence-corrected chi connectivity index (χ1v) is 8.99. The van der Waals surface area contributed by atoms with Crippen molar-refractivity contribution < 1.29 is 19.1 Å². The second kappa shape index (κ2) is 7.53. The number of carbonyl (C=O) groups is 2. The monoisotopic (exact) mass is 361 g/mol. The minimum atomic E-state index is -0.417. The van der Waals surface area contributed by atoms with Gasteiger partial charge in [0.1, 0.15) is 0 Å². The maximum Gasteiger partial charge on any atom is 0.237 e. The average molecular weight is 361 g/mol. The zero-order valence-electron chi connectivity index (χ0n) is 15.6. The summed E-state index contributed by atoms with van der Waals surface area (Å²) in [5, 5.41) is 5.76. The van der Waals surface area contributed by atoms with Crippen LogP contribution in [0.25, 0.3) is 0 Å². The standard InChI is InChI=1S/C19H27N3O4/c1-19(2,3)11-22-7-6-20-18(24)14(22)9-17(23)21-10-13-4-5-15-16(8-13)26-12-25-15/h4-5,8,14H,6-7,9-12H2,1-3H3,(H,20,24)(H,21,23). The van der Waals surface area contributed by atoms with Crippen LogP contribution in [-0.2, 0) is 16.1 Å². The molecule has 2 amide bonds. The number of piperazine rings is 1. The molecule has 0 bridgehead atoms. The molecule has 0 saturated carbocycles. The van der Waals surface area contributed by atoms with E-state index >= 15 is 0 Å². The zero-order valence-corrected chi connectivity index (χ0v) is 15.6. The summed E-state index contributed by atoms with van der Waals surface area (Å²) in [5.74, 6) is 1.21. The van der Waals surface area contributed by atoms with Crippen molar-refractivity contribution in [2.75, 3.05) is 26.4 Å². The number of rotatable bonds is 5. The predicted octanol–water partition coefficient (Wildman–Crippen LogP) is 1.27. The Morgan fingerprint density at radius 3 is 2.85 bits per heavy atom. The molecule has 26 heavy (non-hydrogen) atoms. The van der Waals surface area contributed by atoms with E-state index in [2.05, 4.69) is 36.3 Å². The molecular formula is C19H27N3O4. The van der Waals surface area contributed by atoms with E-state index in [4.69, 9.17) is 9.47 Å². The molecule has 1 aromatic carbocycles. The van der Waals surface area contributed by atoms with Gasteiger partial charge >= 0.3 is 0 Å². The summed E-state index contributed by atoms with van der Waals surface area (Å²) in [7, 11) is 0. The van der Waals surface area contributed by atoms with Crippen molar-refractivity contribution in [3.63, 3.8) is 0 Å². The molecule has 1 atom stereocenters. The van der Waals surface area contributed by atoms with Gasteiger partial charge < -0.3 is 20.1 Å². The highest BCUT2D eigenvalue weighted by Crippen LogP contribution is 2.32. The molecule has 7 nitrogen and oxygen atoms in total. The summed E-state index contributed by atoms with van der Waals surface area (Å²) in [5.41, 5.74) is 1.00. The van der Waals surface area contributed by atoms with Gasteiger partial charge in [-0.25, -0.2) is 0 Å². The number of nitrogens with zero attached hydrogens (tertiary/aromatic N) is 1. The number of ether oxygens (including phenoxy) is 2. The van der Waals surface area contributed by atoms with Crippen molar-refractivity contribution in [1.29, 1.82) is 0 Å². The van der Waals surface area contributed by atoms with Crippen LogP contribution in [0.4, 0.5) is 0 Å². The lowest BCUT2D eigenvalue weighted by molar-refractivity contribution is -0.134. The van der Waals surface area contributed by atoms with E-state index in [-0.39, 0.29) is 30.4 Å². The molecule has 3 rings (SSSR count). The van der Waals surface area contributed by atoms with Crippen LogP contribution in [-0.4, -0.2) is 49.2 Å². The van der Waals surface area contributed by atoms with Crippen molar-refractivity contribution in [2.24, 2.45) is 5.41 Å². The van der Waals surface area contributed by atoms with Gasteiger partial charge in [-0.2, -0.15) is 0 Å². The molecule has 0 aromatic heterocycles. The number of benzene rings is 1. The third-order valence-corrected chi connectivity index (χ3v) is 4.42. The Hall–Kier alpha value is -2.28. The van der Waals surface area contributed by atoms with E-state index in [0.29, 0.717) is 18.8 Å². The highest BCUT2D eigenvalue weighted by molar-refractivity contribution is 5.88. The molecular weight excluding hydrogens is 334 g/mol. The van der Waals surface area contributed by atoms with Gasteiger partial charge in [0.25, 0.3) is 0 Å². The Morgan fingerprint density at radius 2 is 2.08 bits per heavy atom. The second-order valence-electron chi connectivity index (χ2n) is 8.01. The van der Waals surface area contributed by atoms with E-state index in [1.807, 2.05) is 18.2 Å². The molecule has 2 aliphatic heterocycles. The predicted molar refractivity (Wildman–Crippen MR) is 96.9 cm³/mol. The van der Waals surface area contributed by atoms with Gasteiger partial charge in [-0.05, 0) is 23.1 Å². The normalized spacial score (nSPS) is 20.0. The van der Waals surface area contributed by atoms with Crippen LogP contribution in [0.3, 0.4) is 0 Å². The quantitative estimate of drug-likeness (QED) is 0.826. The summed E-state index contributed by atoms with van der Waals surface area (Å²) in [6.07, 6.45) is 0.159. The zero-order chi connectivity index (χ0) is 18.7. The molecule has 2 aliphatic rings. The molecule has 1 saturated heterocycles. The van der Waals surface area contributed by atoms with Crippen molar-refractivity contribution >= 4 is 11.8 Å². The lowest BCUT2D eigenvalue weighted by Crippen LogP contribution is -2.58. The van der Waals surface area contributed by atoms with Crippen molar-refractivity contribution in [1.82, 2.24) is 15.5 Å².